The van der Waals surface area contributed by atoms with Crippen molar-refractivity contribution in [2.24, 2.45) is 0 Å². The average Bonchev–Trinajstić information content (AvgIpc) is 2.52. The number of rotatable bonds is 2. The molecule has 0 spiro atoms. The molecule has 6 heteroatoms. The van der Waals surface area contributed by atoms with Crippen molar-refractivity contribution >= 4 is 11.4 Å². The highest BCUT2D eigenvalue weighted by atomic mass is 19.1. The average molecular weight is 286 g/mol. The molecule has 0 saturated carbocycles. The van der Waals surface area contributed by atoms with E-state index >= 15 is 0 Å². The molecular formula is C15H15FN4O. The molecule has 0 amide bonds. The molecule has 1 aliphatic rings. The molecule has 0 atom stereocenters. The van der Waals surface area contributed by atoms with Crippen molar-refractivity contribution in [3.05, 3.63) is 41.7 Å². The van der Waals surface area contributed by atoms with Crippen molar-refractivity contribution in [3.8, 4) is 17.0 Å². The molecular weight excluding hydrogens is 271 g/mol. The monoisotopic (exact) mass is 286 g/mol. The standard InChI is InChI=1S/C15H15FN4O/c16-12-3-1-2-10(14(12)21)13-8-11(15(17)20-19-13)9-4-6-18-7-5-9/h1-4,8,18,21H,5-7H2,(H2,17,20). The maximum Gasteiger partial charge on any atom is 0.165 e. The van der Waals surface area contributed by atoms with E-state index < -0.39 is 11.6 Å². The van der Waals surface area contributed by atoms with Gasteiger partial charge >= 0.3 is 0 Å². The lowest BCUT2D eigenvalue weighted by atomic mass is 9.99. The van der Waals surface area contributed by atoms with Crippen LogP contribution in [0, 0.1) is 5.82 Å². The highest BCUT2D eigenvalue weighted by Crippen LogP contribution is 2.32. The summed E-state index contributed by atoms with van der Waals surface area (Å²) in [6.07, 6.45) is 2.89. The maximum absolute atomic E-state index is 13.5. The third kappa shape index (κ3) is 2.57. The topological polar surface area (TPSA) is 84.1 Å². The van der Waals surface area contributed by atoms with Crippen LogP contribution in [0.3, 0.4) is 0 Å². The van der Waals surface area contributed by atoms with E-state index in [0.717, 1.165) is 30.6 Å². The number of nitrogens with two attached hydrogens (primary N) is 1. The van der Waals surface area contributed by atoms with Crippen LogP contribution in [0.5, 0.6) is 5.75 Å². The third-order valence-electron chi connectivity index (χ3n) is 3.50. The smallest absolute Gasteiger partial charge is 0.165 e. The van der Waals surface area contributed by atoms with Crippen LogP contribution in [0.15, 0.2) is 30.3 Å². The van der Waals surface area contributed by atoms with E-state index in [1.807, 2.05) is 6.08 Å². The molecule has 21 heavy (non-hydrogen) atoms. The lowest BCUT2D eigenvalue weighted by molar-refractivity contribution is 0.434. The second-order valence-corrected chi connectivity index (χ2v) is 4.85. The second kappa shape index (κ2) is 5.49. The molecule has 0 aliphatic carbocycles. The Balaban J connectivity index is 2.09. The Hall–Kier alpha value is -2.47. The summed E-state index contributed by atoms with van der Waals surface area (Å²) < 4.78 is 13.5. The van der Waals surface area contributed by atoms with E-state index in [0.29, 0.717) is 17.1 Å². The van der Waals surface area contributed by atoms with Gasteiger partial charge in [0.1, 0.15) is 0 Å². The van der Waals surface area contributed by atoms with Gasteiger partial charge in [-0.15, -0.1) is 10.2 Å². The molecule has 4 N–H and O–H groups in total. The van der Waals surface area contributed by atoms with Gasteiger partial charge in [0.15, 0.2) is 17.4 Å². The highest BCUT2D eigenvalue weighted by Gasteiger charge is 2.15. The number of benzene rings is 1. The minimum atomic E-state index is -0.686. The number of para-hydroxylation sites is 1. The molecule has 1 aliphatic heterocycles. The fraction of sp³-hybridized carbons (Fsp3) is 0.200. The lowest BCUT2D eigenvalue weighted by Crippen LogP contribution is -2.20. The van der Waals surface area contributed by atoms with Gasteiger partial charge in [-0.25, -0.2) is 4.39 Å². The van der Waals surface area contributed by atoms with Crippen LogP contribution in [-0.4, -0.2) is 28.4 Å². The molecule has 2 heterocycles. The van der Waals surface area contributed by atoms with E-state index in [9.17, 15) is 9.50 Å². The minimum Gasteiger partial charge on any atom is -0.504 e. The van der Waals surface area contributed by atoms with Crippen LogP contribution in [0.2, 0.25) is 0 Å². The van der Waals surface area contributed by atoms with Crippen molar-refractivity contribution in [1.82, 2.24) is 15.5 Å². The molecule has 3 rings (SSSR count). The Morgan fingerprint density at radius 2 is 2.10 bits per heavy atom. The Morgan fingerprint density at radius 1 is 1.24 bits per heavy atom. The summed E-state index contributed by atoms with van der Waals surface area (Å²) in [6.45, 7) is 1.64. The van der Waals surface area contributed by atoms with Crippen LogP contribution >= 0.6 is 0 Å². The Bertz CT molecular complexity index is 715. The van der Waals surface area contributed by atoms with E-state index in [1.54, 1.807) is 12.1 Å². The van der Waals surface area contributed by atoms with Gasteiger partial charge in [-0.05, 0) is 36.7 Å². The second-order valence-electron chi connectivity index (χ2n) is 4.85. The molecule has 0 radical (unpaired) electrons. The summed E-state index contributed by atoms with van der Waals surface area (Å²) in [4.78, 5) is 0. The van der Waals surface area contributed by atoms with Crippen LogP contribution in [0.1, 0.15) is 12.0 Å². The largest absolute Gasteiger partial charge is 0.504 e. The van der Waals surface area contributed by atoms with Gasteiger partial charge in [-0.1, -0.05) is 12.1 Å². The van der Waals surface area contributed by atoms with Crippen molar-refractivity contribution in [1.29, 1.82) is 0 Å². The van der Waals surface area contributed by atoms with Gasteiger partial charge in [0.05, 0.1) is 5.69 Å². The number of nitrogen functional groups attached to an aromatic ring is 1. The molecule has 0 saturated heterocycles. The fourth-order valence-electron chi connectivity index (χ4n) is 2.38. The predicted molar refractivity (Wildman–Crippen MR) is 79.0 cm³/mol. The normalized spacial score (nSPS) is 14.8. The summed E-state index contributed by atoms with van der Waals surface area (Å²) >= 11 is 0. The number of aromatic hydroxyl groups is 1. The van der Waals surface area contributed by atoms with Crippen molar-refractivity contribution in [3.63, 3.8) is 0 Å². The number of nitrogens with one attached hydrogen (secondary N) is 1. The van der Waals surface area contributed by atoms with Crippen LogP contribution < -0.4 is 11.1 Å². The predicted octanol–water partition coefficient (Wildman–Crippen LogP) is 1.95. The molecule has 0 bridgehead atoms. The Kier molecular flexibility index (Phi) is 3.53. The highest BCUT2D eigenvalue weighted by molar-refractivity contribution is 5.78. The SMILES string of the molecule is Nc1nnc(-c2cccc(F)c2O)cc1C1=CCNCC1. The molecule has 5 nitrogen and oxygen atoms in total. The lowest BCUT2D eigenvalue weighted by Gasteiger charge is -2.16. The molecule has 0 unspecified atom stereocenters. The van der Waals surface area contributed by atoms with Crippen molar-refractivity contribution < 1.29 is 9.50 Å². The van der Waals surface area contributed by atoms with Gasteiger partial charge in [-0.3, -0.25) is 0 Å². The first-order chi connectivity index (χ1) is 10.2. The summed E-state index contributed by atoms with van der Waals surface area (Å²) in [7, 11) is 0. The van der Waals surface area contributed by atoms with E-state index in [4.69, 9.17) is 5.73 Å². The summed E-state index contributed by atoms with van der Waals surface area (Å²) in [5.41, 5.74) is 8.46. The molecule has 2 aromatic rings. The number of phenols is 1. The van der Waals surface area contributed by atoms with Crippen LogP contribution in [-0.2, 0) is 0 Å². The fourth-order valence-corrected chi connectivity index (χ4v) is 2.38. The quantitative estimate of drug-likeness (QED) is 0.786. The number of hydrogen-bond donors (Lipinski definition) is 3. The zero-order valence-corrected chi connectivity index (χ0v) is 11.3. The van der Waals surface area contributed by atoms with Gasteiger partial charge in [0.2, 0.25) is 0 Å². The van der Waals surface area contributed by atoms with E-state index in [-0.39, 0.29) is 0 Å². The summed E-state index contributed by atoms with van der Waals surface area (Å²) in [6, 6.07) is 6.05. The zero-order chi connectivity index (χ0) is 14.8. The first-order valence-electron chi connectivity index (χ1n) is 6.68. The third-order valence-corrected chi connectivity index (χ3v) is 3.50. The van der Waals surface area contributed by atoms with E-state index in [1.165, 1.54) is 12.1 Å². The number of halogens is 1. The van der Waals surface area contributed by atoms with Gasteiger partial charge in [-0.2, -0.15) is 0 Å². The van der Waals surface area contributed by atoms with Gasteiger partial charge in [0.25, 0.3) is 0 Å². The molecule has 1 aromatic carbocycles. The summed E-state index contributed by atoms with van der Waals surface area (Å²) in [5, 5.41) is 20.9. The Morgan fingerprint density at radius 3 is 2.86 bits per heavy atom. The molecule has 108 valence electrons. The maximum atomic E-state index is 13.5. The van der Waals surface area contributed by atoms with Gasteiger partial charge in [0, 0.05) is 17.7 Å². The number of hydrogen-bond acceptors (Lipinski definition) is 5. The minimum absolute atomic E-state index is 0.304. The van der Waals surface area contributed by atoms with Crippen molar-refractivity contribution in [2.75, 3.05) is 18.8 Å². The number of aromatic nitrogens is 2. The first-order valence-corrected chi connectivity index (χ1v) is 6.68. The summed E-state index contributed by atoms with van der Waals surface area (Å²) in [5.74, 6) is -0.779. The molecule has 0 fully saturated rings. The first kappa shape index (κ1) is 13.5. The van der Waals surface area contributed by atoms with E-state index in [2.05, 4.69) is 15.5 Å². The zero-order valence-electron chi connectivity index (χ0n) is 11.3. The number of anilines is 1. The van der Waals surface area contributed by atoms with Crippen LogP contribution in [0.25, 0.3) is 16.8 Å². The van der Waals surface area contributed by atoms with Crippen LogP contribution in [0.4, 0.5) is 10.2 Å². The number of phenolic OH excluding ortho intramolecular Hbond substituents is 1. The number of nitrogens with zero attached hydrogens (tertiary/aromatic N) is 2. The molecule has 1 aromatic heterocycles. The Labute approximate surface area is 121 Å². The van der Waals surface area contributed by atoms with Crippen molar-refractivity contribution in [2.45, 2.75) is 6.42 Å². The van der Waals surface area contributed by atoms with Gasteiger partial charge < -0.3 is 16.2 Å².